The number of amides is 1. The molecule has 8 heteroatoms. The molecule has 0 unspecified atom stereocenters. The summed E-state index contributed by atoms with van der Waals surface area (Å²) in [5, 5.41) is 3.13. The zero-order valence-corrected chi connectivity index (χ0v) is 12.9. The monoisotopic (exact) mass is 313 g/mol. The van der Waals surface area contributed by atoms with Gasteiger partial charge in [-0.05, 0) is 13.3 Å². The molecule has 0 aliphatic carbocycles. The fraction of sp³-hybridized carbons (Fsp3) is 0.400. The summed E-state index contributed by atoms with van der Waals surface area (Å²) in [4.78, 5) is 30.8. The molecule has 2 aromatic rings. The molecule has 3 heterocycles. The minimum atomic E-state index is -0.0296. The summed E-state index contributed by atoms with van der Waals surface area (Å²) >= 11 is 0. The number of hydrogen-bond acceptors (Lipinski definition) is 7. The average Bonchev–Trinajstić information content (AvgIpc) is 3.04. The van der Waals surface area contributed by atoms with Gasteiger partial charge in [0.25, 0.3) is 0 Å². The highest BCUT2D eigenvalue weighted by molar-refractivity contribution is 5.78. The highest BCUT2D eigenvalue weighted by Gasteiger charge is 2.28. The Labute approximate surface area is 134 Å². The second-order valence-electron chi connectivity index (χ2n) is 5.50. The van der Waals surface area contributed by atoms with Gasteiger partial charge in [0.2, 0.25) is 5.91 Å². The second kappa shape index (κ2) is 6.66. The van der Waals surface area contributed by atoms with Crippen LogP contribution >= 0.6 is 0 Å². The molecular weight excluding hydrogens is 294 g/mol. The lowest BCUT2D eigenvalue weighted by Gasteiger charge is -2.15. The molecule has 1 fully saturated rings. The maximum atomic E-state index is 11.7. The Balaban J connectivity index is 1.77. The van der Waals surface area contributed by atoms with Gasteiger partial charge >= 0.3 is 0 Å². The van der Waals surface area contributed by atoms with Crippen molar-refractivity contribution in [2.24, 2.45) is 5.73 Å². The maximum absolute atomic E-state index is 11.7. The first kappa shape index (κ1) is 15.3. The molecule has 3 rings (SSSR count). The average molecular weight is 313 g/mol. The Morgan fingerprint density at radius 3 is 3.00 bits per heavy atom. The molecule has 2 aromatic heterocycles. The fourth-order valence-electron chi connectivity index (χ4n) is 2.66. The van der Waals surface area contributed by atoms with E-state index in [1.54, 1.807) is 23.5 Å². The van der Waals surface area contributed by atoms with Crippen molar-refractivity contribution in [2.45, 2.75) is 19.3 Å². The Bertz CT molecular complexity index is 691. The van der Waals surface area contributed by atoms with Crippen molar-refractivity contribution in [1.29, 1.82) is 0 Å². The highest BCUT2D eigenvalue weighted by atomic mass is 16.2. The maximum Gasteiger partial charge on any atom is 0.236 e. The van der Waals surface area contributed by atoms with E-state index in [0.29, 0.717) is 24.7 Å². The van der Waals surface area contributed by atoms with E-state index in [0.717, 1.165) is 17.9 Å². The fourth-order valence-corrected chi connectivity index (χ4v) is 2.66. The van der Waals surface area contributed by atoms with Gasteiger partial charge in [0.15, 0.2) is 0 Å². The van der Waals surface area contributed by atoms with Crippen LogP contribution in [0.15, 0.2) is 24.7 Å². The molecule has 1 aliphatic heterocycles. The Kier molecular flexibility index (Phi) is 4.42. The minimum Gasteiger partial charge on any atom is -0.341 e. The molecule has 0 radical (unpaired) electrons. The first-order chi connectivity index (χ1) is 11.2. The first-order valence-electron chi connectivity index (χ1n) is 7.52. The molecular formula is C15H19N7O. The van der Waals surface area contributed by atoms with Crippen molar-refractivity contribution in [1.82, 2.24) is 24.8 Å². The number of rotatable bonds is 4. The van der Waals surface area contributed by atoms with Gasteiger partial charge in [-0.15, -0.1) is 0 Å². The molecule has 0 saturated carbocycles. The molecule has 1 saturated heterocycles. The highest BCUT2D eigenvalue weighted by Crippen LogP contribution is 2.26. The number of nitrogens with zero attached hydrogens (tertiary/aromatic N) is 5. The SMILES string of the molecule is Cc1cc(Nc2cnccn2)nc([C@@H]2CCN(C(=O)CN)C2)n1. The molecule has 3 N–H and O–H groups in total. The molecule has 0 bridgehead atoms. The number of carbonyl (C=O) groups excluding carboxylic acids is 1. The molecule has 120 valence electrons. The lowest BCUT2D eigenvalue weighted by molar-refractivity contribution is -0.128. The van der Waals surface area contributed by atoms with E-state index in [4.69, 9.17) is 5.73 Å². The predicted molar refractivity (Wildman–Crippen MR) is 85.1 cm³/mol. The molecule has 8 nitrogen and oxygen atoms in total. The van der Waals surface area contributed by atoms with Crippen molar-refractivity contribution in [3.05, 3.63) is 36.2 Å². The topological polar surface area (TPSA) is 110 Å². The summed E-state index contributed by atoms with van der Waals surface area (Å²) in [5.41, 5.74) is 6.29. The van der Waals surface area contributed by atoms with E-state index < -0.39 is 0 Å². The molecule has 1 aliphatic rings. The third-order valence-corrected chi connectivity index (χ3v) is 3.77. The number of hydrogen-bond donors (Lipinski definition) is 2. The normalized spacial score (nSPS) is 17.3. The molecule has 0 spiro atoms. The molecule has 23 heavy (non-hydrogen) atoms. The van der Waals surface area contributed by atoms with Gasteiger partial charge in [0, 0.05) is 43.2 Å². The van der Waals surface area contributed by atoms with E-state index in [1.807, 2.05) is 13.0 Å². The summed E-state index contributed by atoms with van der Waals surface area (Å²) < 4.78 is 0. The first-order valence-corrected chi connectivity index (χ1v) is 7.52. The number of aromatic nitrogens is 4. The van der Waals surface area contributed by atoms with E-state index in [1.165, 1.54) is 0 Å². The lowest BCUT2D eigenvalue weighted by atomic mass is 10.1. The van der Waals surface area contributed by atoms with Crippen molar-refractivity contribution in [2.75, 3.05) is 25.0 Å². The van der Waals surface area contributed by atoms with Crippen LogP contribution in [-0.4, -0.2) is 50.4 Å². The third kappa shape index (κ3) is 3.59. The van der Waals surface area contributed by atoms with Crippen LogP contribution in [0.5, 0.6) is 0 Å². The number of carbonyl (C=O) groups is 1. The zero-order chi connectivity index (χ0) is 16.2. The number of nitrogens with two attached hydrogens (primary N) is 1. The van der Waals surface area contributed by atoms with Gasteiger partial charge in [0.05, 0.1) is 12.7 Å². The van der Waals surface area contributed by atoms with Gasteiger partial charge in [-0.1, -0.05) is 0 Å². The van der Waals surface area contributed by atoms with Crippen molar-refractivity contribution >= 4 is 17.5 Å². The van der Waals surface area contributed by atoms with Gasteiger partial charge in [-0.2, -0.15) is 0 Å². The van der Waals surface area contributed by atoms with Gasteiger partial charge in [0.1, 0.15) is 17.5 Å². The summed E-state index contributed by atoms with van der Waals surface area (Å²) in [6, 6.07) is 1.86. The van der Waals surface area contributed by atoms with Crippen molar-refractivity contribution in [3.63, 3.8) is 0 Å². The van der Waals surface area contributed by atoms with Gasteiger partial charge < -0.3 is 16.0 Å². The van der Waals surface area contributed by atoms with Crippen LogP contribution in [0.1, 0.15) is 23.9 Å². The largest absolute Gasteiger partial charge is 0.341 e. The van der Waals surface area contributed by atoms with Crippen LogP contribution in [0.3, 0.4) is 0 Å². The number of likely N-dealkylation sites (tertiary alicyclic amines) is 1. The molecule has 1 atom stereocenters. The minimum absolute atomic E-state index is 0.0296. The second-order valence-corrected chi connectivity index (χ2v) is 5.50. The summed E-state index contributed by atoms with van der Waals surface area (Å²) in [6.07, 6.45) is 5.71. The van der Waals surface area contributed by atoms with Crippen LogP contribution < -0.4 is 11.1 Å². The molecule has 1 amide bonds. The van der Waals surface area contributed by atoms with Crippen LogP contribution in [0.4, 0.5) is 11.6 Å². The quantitative estimate of drug-likeness (QED) is 0.850. The van der Waals surface area contributed by atoms with E-state index in [9.17, 15) is 4.79 Å². The number of aryl methyl sites for hydroxylation is 1. The molecule has 0 aromatic carbocycles. The van der Waals surface area contributed by atoms with Gasteiger partial charge in [-0.25, -0.2) is 15.0 Å². The van der Waals surface area contributed by atoms with Crippen LogP contribution in [0.25, 0.3) is 0 Å². The zero-order valence-electron chi connectivity index (χ0n) is 12.9. The third-order valence-electron chi connectivity index (χ3n) is 3.77. The van der Waals surface area contributed by atoms with E-state index >= 15 is 0 Å². The Morgan fingerprint density at radius 1 is 1.39 bits per heavy atom. The summed E-state index contributed by atoms with van der Waals surface area (Å²) in [7, 11) is 0. The van der Waals surface area contributed by atoms with Crippen LogP contribution in [0.2, 0.25) is 0 Å². The Morgan fingerprint density at radius 2 is 2.26 bits per heavy atom. The smallest absolute Gasteiger partial charge is 0.236 e. The summed E-state index contributed by atoms with van der Waals surface area (Å²) in [5.74, 6) is 2.15. The van der Waals surface area contributed by atoms with Crippen molar-refractivity contribution in [3.8, 4) is 0 Å². The number of anilines is 2. The lowest BCUT2D eigenvalue weighted by Crippen LogP contribution is -2.34. The van der Waals surface area contributed by atoms with Crippen LogP contribution in [-0.2, 0) is 4.79 Å². The van der Waals surface area contributed by atoms with E-state index in [2.05, 4.69) is 25.3 Å². The van der Waals surface area contributed by atoms with Crippen LogP contribution in [0, 0.1) is 6.92 Å². The standard InChI is InChI=1S/C15H19N7O/c1-10-6-12(20-13-8-17-3-4-18-13)21-15(19-10)11-2-5-22(9-11)14(23)7-16/h3-4,6,8,11H,2,5,7,9,16H2,1H3,(H,18,19,20,21)/t11-/m1/s1. The van der Waals surface area contributed by atoms with Crippen molar-refractivity contribution < 1.29 is 4.79 Å². The Hall–Kier alpha value is -2.61. The number of nitrogens with one attached hydrogen (secondary N) is 1. The van der Waals surface area contributed by atoms with E-state index in [-0.39, 0.29) is 18.4 Å². The summed E-state index contributed by atoms with van der Waals surface area (Å²) in [6.45, 7) is 3.28. The van der Waals surface area contributed by atoms with Gasteiger partial charge in [-0.3, -0.25) is 9.78 Å². The predicted octanol–water partition coefficient (Wildman–Crippen LogP) is 0.593.